The van der Waals surface area contributed by atoms with Crippen molar-refractivity contribution in [2.24, 2.45) is 17.6 Å². The third-order valence-electron chi connectivity index (χ3n) is 2.88. The lowest BCUT2D eigenvalue weighted by atomic mass is 9.96. The summed E-state index contributed by atoms with van der Waals surface area (Å²) in [7, 11) is 0. The van der Waals surface area contributed by atoms with Crippen molar-refractivity contribution in [3.8, 4) is 0 Å². The molecule has 104 valence electrons. The second-order valence-corrected chi connectivity index (χ2v) is 5.06. The van der Waals surface area contributed by atoms with E-state index < -0.39 is 17.8 Å². The van der Waals surface area contributed by atoms with E-state index in [0.717, 1.165) is 0 Å². The number of benzene rings is 1. The summed E-state index contributed by atoms with van der Waals surface area (Å²) in [5.74, 6) is -2.05. The number of aliphatic carboxylic acids is 1. The van der Waals surface area contributed by atoms with Gasteiger partial charge in [-0.25, -0.2) is 0 Å². The molecule has 1 rings (SSSR count). The first-order valence-corrected chi connectivity index (χ1v) is 6.26. The van der Waals surface area contributed by atoms with Gasteiger partial charge in [0.1, 0.15) is 0 Å². The van der Waals surface area contributed by atoms with Crippen LogP contribution >= 0.6 is 11.6 Å². The first kappa shape index (κ1) is 15.3. The quantitative estimate of drug-likeness (QED) is 0.747. The normalized spacial score (nSPS) is 12.2. The number of carboxylic acid groups (broad SMARTS) is 1. The Labute approximate surface area is 116 Å². The van der Waals surface area contributed by atoms with Crippen LogP contribution in [-0.2, 0) is 4.79 Å². The first-order chi connectivity index (χ1) is 8.82. The van der Waals surface area contributed by atoms with E-state index in [1.807, 2.05) is 13.8 Å². The second kappa shape index (κ2) is 6.43. The summed E-state index contributed by atoms with van der Waals surface area (Å²) in [4.78, 5) is 22.4. The van der Waals surface area contributed by atoms with E-state index in [0.29, 0.717) is 10.7 Å². The van der Waals surface area contributed by atoms with Crippen LogP contribution in [0.3, 0.4) is 0 Å². The average molecular weight is 285 g/mol. The van der Waals surface area contributed by atoms with Gasteiger partial charge >= 0.3 is 5.97 Å². The molecule has 1 aromatic rings. The number of anilines is 1. The van der Waals surface area contributed by atoms with Gasteiger partial charge in [-0.1, -0.05) is 25.4 Å². The Balaban J connectivity index is 2.90. The van der Waals surface area contributed by atoms with Gasteiger partial charge < -0.3 is 16.2 Å². The van der Waals surface area contributed by atoms with Crippen LogP contribution in [0, 0.1) is 11.8 Å². The van der Waals surface area contributed by atoms with Gasteiger partial charge in [0.15, 0.2) is 0 Å². The van der Waals surface area contributed by atoms with Crippen molar-refractivity contribution in [2.75, 3.05) is 11.9 Å². The fourth-order valence-corrected chi connectivity index (χ4v) is 1.88. The van der Waals surface area contributed by atoms with Crippen LogP contribution in [0.25, 0.3) is 0 Å². The summed E-state index contributed by atoms with van der Waals surface area (Å²) in [6.45, 7) is 3.86. The van der Waals surface area contributed by atoms with E-state index in [4.69, 9.17) is 22.4 Å². The van der Waals surface area contributed by atoms with Gasteiger partial charge in [-0.05, 0) is 24.1 Å². The summed E-state index contributed by atoms with van der Waals surface area (Å²) >= 11 is 5.85. The Bertz CT molecular complexity index is 489. The highest BCUT2D eigenvalue weighted by Crippen LogP contribution is 2.22. The topological polar surface area (TPSA) is 92.4 Å². The summed E-state index contributed by atoms with van der Waals surface area (Å²) in [6, 6.07) is 4.63. The number of carbonyl (C=O) groups is 2. The number of carboxylic acids is 1. The molecule has 0 aliphatic rings. The number of primary amides is 1. The highest BCUT2D eigenvalue weighted by atomic mass is 35.5. The molecule has 0 aromatic heterocycles. The maximum absolute atomic E-state index is 11.3. The lowest BCUT2D eigenvalue weighted by Gasteiger charge is -2.18. The minimum Gasteiger partial charge on any atom is -0.481 e. The van der Waals surface area contributed by atoms with Gasteiger partial charge in [0.25, 0.3) is 5.91 Å². The molecule has 0 saturated carbocycles. The fraction of sp³-hybridized carbons (Fsp3) is 0.385. The molecule has 5 nitrogen and oxygen atoms in total. The molecule has 0 aliphatic carbocycles. The van der Waals surface area contributed by atoms with Crippen molar-refractivity contribution in [3.05, 3.63) is 28.8 Å². The molecule has 0 spiro atoms. The van der Waals surface area contributed by atoms with Crippen molar-refractivity contribution in [1.29, 1.82) is 0 Å². The van der Waals surface area contributed by atoms with Crippen LogP contribution in [0.4, 0.5) is 5.69 Å². The first-order valence-electron chi connectivity index (χ1n) is 5.89. The molecule has 1 atom stereocenters. The van der Waals surface area contributed by atoms with Crippen molar-refractivity contribution in [2.45, 2.75) is 13.8 Å². The number of halogens is 1. The molecule has 19 heavy (non-hydrogen) atoms. The molecular weight excluding hydrogens is 268 g/mol. The molecule has 0 aliphatic heterocycles. The SMILES string of the molecule is CC(C)C(CNc1cc(Cl)ccc1C(N)=O)C(=O)O. The second-order valence-electron chi connectivity index (χ2n) is 4.62. The van der Waals surface area contributed by atoms with Crippen LogP contribution < -0.4 is 11.1 Å². The van der Waals surface area contributed by atoms with Crippen molar-refractivity contribution >= 4 is 29.2 Å². The minimum atomic E-state index is -0.884. The lowest BCUT2D eigenvalue weighted by Crippen LogP contribution is -2.28. The number of hydrogen-bond acceptors (Lipinski definition) is 3. The highest BCUT2D eigenvalue weighted by molar-refractivity contribution is 6.31. The predicted octanol–water partition coefficient (Wildman–Crippen LogP) is 2.21. The summed E-state index contributed by atoms with van der Waals surface area (Å²) in [6.07, 6.45) is 0. The van der Waals surface area contributed by atoms with Gasteiger partial charge in [-0.2, -0.15) is 0 Å². The molecule has 0 radical (unpaired) electrons. The van der Waals surface area contributed by atoms with E-state index in [-0.39, 0.29) is 18.0 Å². The number of hydrogen-bond donors (Lipinski definition) is 3. The van der Waals surface area contributed by atoms with Gasteiger partial charge in [0.2, 0.25) is 0 Å². The van der Waals surface area contributed by atoms with Crippen molar-refractivity contribution in [3.63, 3.8) is 0 Å². The third-order valence-corrected chi connectivity index (χ3v) is 3.12. The van der Waals surface area contributed by atoms with Crippen molar-refractivity contribution in [1.82, 2.24) is 0 Å². The summed E-state index contributed by atoms with van der Waals surface area (Å²) in [5, 5.41) is 12.5. The smallest absolute Gasteiger partial charge is 0.308 e. The zero-order valence-corrected chi connectivity index (χ0v) is 11.6. The van der Waals surface area contributed by atoms with Crippen LogP contribution in [0.2, 0.25) is 5.02 Å². The molecule has 0 bridgehead atoms. The maximum atomic E-state index is 11.3. The summed E-state index contributed by atoms with van der Waals surface area (Å²) in [5.41, 5.74) is 5.99. The number of carbonyl (C=O) groups excluding carboxylic acids is 1. The number of nitrogens with two attached hydrogens (primary N) is 1. The largest absolute Gasteiger partial charge is 0.481 e. The molecule has 1 amide bonds. The summed E-state index contributed by atoms with van der Waals surface area (Å²) < 4.78 is 0. The van der Waals surface area contributed by atoms with E-state index >= 15 is 0 Å². The van der Waals surface area contributed by atoms with Gasteiger partial charge in [-0.15, -0.1) is 0 Å². The Kier molecular flexibility index (Phi) is 5.18. The lowest BCUT2D eigenvalue weighted by molar-refractivity contribution is -0.142. The molecule has 1 aromatic carbocycles. The molecule has 6 heteroatoms. The van der Waals surface area contributed by atoms with E-state index in [9.17, 15) is 9.59 Å². The van der Waals surface area contributed by atoms with Crippen LogP contribution in [0.5, 0.6) is 0 Å². The van der Waals surface area contributed by atoms with Crippen molar-refractivity contribution < 1.29 is 14.7 Å². The van der Waals surface area contributed by atoms with Crippen LogP contribution in [0.1, 0.15) is 24.2 Å². The monoisotopic (exact) mass is 284 g/mol. The Morgan fingerprint density at radius 3 is 2.53 bits per heavy atom. The van der Waals surface area contributed by atoms with E-state index in [1.165, 1.54) is 6.07 Å². The van der Waals surface area contributed by atoms with Crippen LogP contribution in [-0.4, -0.2) is 23.5 Å². The Morgan fingerprint density at radius 1 is 1.42 bits per heavy atom. The van der Waals surface area contributed by atoms with Crippen LogP contribution in [0.15, 0.2) is 18.2 Å². The Hall–Kier alpha value is -1.75. The minimum absolute atomic E-state index is 0.0267. The van der Waals surface area contributed by atoms with E-state index in [1.54, 1.807) is 12.1 Å². The molecule has 4 N–H and O–H groups in total. The number of amides is 1. The molecule has 0 saturated heterocycles. The fourth-order valence-electron chi connectivity index (χ4n) is 1.71. The Morgan fingerprint density at radius 2 is 2.05 bits per heavy atom. The average Bonchev–Trinajstić information content (AvgIpc) is 2.27. The zero-order chi connectivity index (χ0) is 14.6. The number of rotatable bonds is 6. The van der Waals surface area contributed by atoms with Gasteiger partial charge in [0, 0.05) is 17.3 Å². The molecule has 0 heterocycles. The highest BCUT2D eigenvalue weighted by Gasteiger charge is 2.21. The molecule has 0 fully saturated rings. The zero-order valence-electron chi connectivity index (χ0n) is 10.8. The maximum Gasteiger partial charge on any atom is 0.308 e. The van der Waals surface area contributed by atoms with E-state index in [2.05, 4.69) is 5.32 Å². The third kappa shape index (κ3) is 4.13. The van der Waals surface area contributed by atoms with Gasteiger partial charge in [-0.3, -0.25) is 9.59 Å². The molecule has 1 unspecified atom stereocenters. The molecular formula is C13H17ClN2O3. The standard InChI is InChI=1S/C13H17ClN2O3/c1-7(2)10(13(18)19)6-16-11-5-8(14)3-4-9(11)12(15)17/h3-5,7,10,16H,6H2,1-2H3,(H2,15,17)(H,18,19). The predicted molar refractivity (Wildman–Crippen MR) is 74.4 cm³/mol. The van der Waals surface area contributed by atoms with Gasteiger partial charge in [0.05, 0.1) is 11.5 Å². The number of nitrogens with one attached hydrogen (secondary N) is 1.